The minimum absolute atomic E-state index is 0.00617. The first kappa shape index (κ1) is 18.4. The number of halogens is 5. The van der Waals surface area contributed by atoms with Gasteiger partial charge >= 0.3 is 0 Å². The Morgan fingerprint density at radius 3 is 2.64 bits per heavy atom. The number of aromatic amines is 1. The standard InChI is InChI=1S/C17H12ClF4N5O/c18-9-5-24-15-13(9)12(1-2-23-15)28-14-10(19)3-8(4-11(14)20)27-16-25-6-17(21,22)7-26-16/h1-5H,6-7H2,(H,23,24)(H2,25,26,27). The van der Waals surface area contributed by atoms with Crippen LogP contribution in [0.2, 0.25) is 5.02 Å². The van der Waals surface area contributed by atoms with Crippen molar-refractivity contribution >= 4 is 34.3 Å². The summed E-state index contributed by atoms with van der Waals surface area (Å²) >= 11 is 6.06. The normalized spacial score (nSPS) is 15.8. The molecule has 0 bridgehead atoms. The first-order valence-electron chi connectivity index (χ1n) is 8.04. The first-order valence-corrected chi connectivity index (χ1v) is 8.42. The van der Waals surface area contributed by atoms with Crippen LogP contribution >= 0.6 is 11.6 Å². The third kappa shape index (κ3) is 3.55. The maximum atomic E-state index is 14.5. The second-order valence-electron chi connectivity index (χ2n) is 6.04. The van der Waals surface area contributed by atoms with E-state index in [1.165, 1.54) is 18.5 Å². The topological polar surface area (TPSA) is 74.3 Å². The number of nitrogens with one attached hydrogen (secondary N) is 3. The molecular formula is C17H12ClF4N5O. The quantitative estimate of drug-likeness (QED) is 0.560. The molecule has 1 aliphatic rings. The summed E-state index contributed by atoms with van der Waals surface area (Å²) in [5, 5.41) is 5.59. The molecule has 0 aliphatic carbocycles. The molecule has 28 heavy (non-hydrogen) atoms. The van der Waals surface area contributed by atoms with E-state index < -0.39 is 36.4 Å². The zero-order valence-corrected chi connectivity index (χ0v) is 14.7. The molecule has 0 amide bonds. The molecule has 2 aromatic heterocycles. The lowest BCUT2D eigenvalue weighted by Gasteiger charge is -2.23. The third-order valence-corrected chi connectivity index (χ3v) is 4.24. The minimum Gasteiger partial charge on any atom is -0.450 e. The molecule has 1 aliphatic heterocycles. The summed E-state index contributed by atoms with van der Waals surface area (Å²) in [6.07, 6.45) is 2.88. The van der Waals surface area contributed by atoms with E-state index in [1.807, 2.05) is 0 Å². The van der Waals surface area contributed by atoms with Crippen LogP contribution in [-0.4, -0.2) is 34.9 Å². The molecule has 0 spiro atoms. The van der Waals surface area contributed by atoms with E-state index in [2.05, 4.69) is 25.6 Å². The lowest BCUT2D eigenvalue weighted by atomic mass is 10.2. The number of aromatic nitrogens is 2. The summed E-state index contributed by atoms with van der Waals surface area (Å²) in [4.78, 5) is 10.5. The largest absolute Gasteiger partial charge is 0.450 e. The highest BCUT2D eigenvalue weighted by Gasteiger charge is 2.32. The van der Waals surface area contributed by atoms with Crippen LogP contribution in [-0.2, 0) is 0 Å². The Bertz CT molecular complexity index is 1060. The molecule has 0 atom stereocenters. The zero-order chi connectivity index (χ0) is 19.9. The predicted molar refractivity (Wildman–Crippen MR) is 96.4 cm³/mol. The molecular weight excluding hydrogens is 402 g/mol. The van der Waals surface area contributed by atoms with E-state index >= 15 is 0 Å². The molecule has 0 fully saturated rings. The predicted octanol–water partition coefficient (Wildman–Crippen LogP) is 4.29. The Morgan fingerprint density at radius 1 is 1.21 bits per heavy atom. The highest BCUT2D eigenvalue weighted by molar-refractivity contribution is 6.36. The van der Waals surface area contributed by atoms with Crippen molar-refractivity contribution < 1.29 is 22.3 Å². The van der Waals surface area contributed by atoms with Crippen LogP contribution < -0.4 is 15.4 Å². The van der Waals surface area contributed by atoms with Gasteiger partial charge in [0.25, 0.3) is 5.92 Å². The maximum absolute atomic E-state index is 14.5. The summed E-state index contributed by atoms with van der Waals surface area (Å²) in [6.45, 7) is -1.34. The number of anilines is 1. The van der Waals surface area contributed by atoms with Gasteiger partial charge in [0.05, 0.1) is 17.0 Å². The van der Waals surface area contributed by atoms with Gasteiger partial charge < -0.3 is 20.4 Å². The molecule has 146 valence electrons. The average Bonchev–Trinajstić information content (AvgIpc) is 3.02. The number of benzene rings is 1. The van der Waals surface area contributed by atoms with Crippen LogP contribution in [0.25, 0.3) is 11.0 Å². The lowest BCUT2D eigenvalue weighted by molar-refractivity contribution is 0.0125. The van der Waals surface area contributed by atoms with Gasteiger partial charge in [-0.3, -0.25) is 0 Å². The number of H-pyrrole nitrogens is 1. The van der Waals surface area contributed by atoms with Crippen molar-refractivity contribution in [1.82, 2.24) is 15.3 Å². The van der Waals surface area contributed by atoms with E-state index in [9.17, 15) is 17.6 Å². The fourth-order valence-electron chi connectivity index (χ4n) is 2.65. The van der Waals surface area contributed by atoms with Crippen LogP contribution in [0, 0.1) is 11.6 Å². The van der Waals surface area contributed by atoms with E-state index in [0.717, 1.165) is 12.1 Å². The molecule has 4 rings (SSSR count). The third-order valence-electron chi connectivity index (χ3n) is 3.94. The molecule has 3 heterocycles. The minimum atomic E-state index is -2.96. The van der Waals surface area contributed by atoms with Crippen LogP contribution in [0.1, 0.15) is 0 Å². The Balaban J connectivity index is 1.60. The molecule has 3 aromatic rings. The zero-order valence-electron chi connectivity index (χ0n) is 14.0. The fraction of sp³-hybridized carbons (Fsp3) is 0.176. The van der Waals surface area contributed by atoms with E-state index in [0.29, 0.717) is 11.0 Å². The average molecular weight is 414 g/mol. The van der Waals surface area contributed by atoms with Crippen LogP contribution in [0.3, 0.4) is 0 Å². The number of ether oxygens (including phenoxy) is 1. The second-order valence-corrected chi connectivity index (χ2v) is 6.45. The van der Waals surface area contributed by atoms with Crippen molar-refractivity contribution in [3.63, 3.8) is 0 Å². The smallest absolute Gasteiger partial charge is 0.284 e. The summed E-state index contributed by atoms with van der Waals surface area (Å²) in [5.41, 5.74) is 0.387. The van der Waals surface area contributed by atoms with Gasteiger partial charge in [0.2, 0.25) is 0 Å². The van der Waals surface area contributed by atoms with Gasteiger partial charge in [0, 0.05) is 30.2 Å². The van der Waals surface area contributed by atoms with Gasteiger partial charge in [-0.2, -0.15) is 0 Å². The number of rotatable bonds is 3. The van der Waals surface area contributed by atoms with Crippen molar-refractivity contribution in [2.24, 2.45) is 4.99 Å². The van der Waals surface area contributed by atoms with Crippen LogP contribution in [0.4, 0.5) is 23.2 Å². The number of fused-ring (bicyclic) bond motifs is 1. The Labute approximate surface area is 160 Å². The monoisotopic (exact) mass is 413 g/mol. The molecule has 11 heteroatoms. The number of nitrogens with zero attached hydrogens (tertiary/aromatic N) is 2. The highest BCUT2D eigenvalue weighted by atomic mass is 35.5. The number of aliphatic imine (C=N–C) groups is 1. The number of alkyl halides is 2. The molecule has 1 aromatic carbocycles. The summed E-state index contributed by atoms with van der Waals surface area (Å²) in [7, 11) is 0. The maximum Gasteiger partial charge on any atom is 0.284 e. The van der Waals surface area contributed by atoms with Gasteiger partial charge in [-0.15, -0.1) is 0 Å². The van der Waals surface area contributed by atoms with Crippen LogP contribution in [0.15, 0.2) is 35.6 Å². The van der Waals surface area contributed by atoms with Crippen molar-refractivity contribution in [3.05, 3.63) is 47.2 Å². The Morgan fingerprint density at radius 2 is 1.96 bits per heavy atom. The SMILES string of the molecule is Fc1cc(NC2=NCC(F)(F)CN2)cc(F)c1Oc1ccnc2[nH]cc(Cl)c12. The molecule has 0 saturated carbocycles. The molecule has 6 nitrogen and oxygen atoms in total. The van der Waals surface area contributed by atoms with Crippen molar-refractivity contribution in [2.45, 2.75) is 5.92 Å². The number of hydrogen-bond donors (Lipinski definition) is 3. The first-order chi connectivity index (χ1) is 13.3. The van der Waals surface area contributed by atoms with Crippen molar-refractivity contribution in [2.75, 3.05) is 18.4 Å². The van der Waals surface area contributed by atoms with Gasteiger partial charge in [-0.05, 0) is 6.07 Å². The number of hydrogen-bond acceptors (Lipinski definition) is 5. The Kier molecular flexibility index (Phi) is 4.50. The van der Waals surface area contributed by atoms with Gasteiger partial charge in [0.15, 0.2) is 23.3 Å². The van der Waals surface area contributed by atoms with E-state index in [-0.39, 0.29) is 22.4 Å². The highest BCUT2D eigenvalue weighted by Crippen LogP contribution is 2.36. The van der Waals surface area contributed by atoms with Crippen molar-refractivity contribution in [1.29, 1.82) is 0 Å². The summed E-state index contributed by atoms with van der Waals surface area (Å²) in [5.74, 6) is -5.49. The second kappa shape index (κ2) is 6.86. The van der Waals surface area contributed by atoms with Gasteiger partial charge in [-0.25, -0.2) is 27.5 Å². The number of pyridine rings is 1. The fourth-order valence-corrected chi connectivity index (χ4v) is 2.89. The lowest BCUT2D eigenvalue weighted by Crippen LogP contribution is -2.46. The Hall–Kier alpha value is -3.01. The van der Waals surface area contributed by atoms with Gasteiger partial charge in [0.1, 0.15) is 17.9 Å². The molecule has 0 unspecified atom stereocenters. The molecule has 3 N–H and O–H groups in total. The van der Waals surface area contributed by atoms with Crippen molar-refractivity contribution in [3.8, 4) is 11.5 Å². The van der Waals surface area contributed by atoms with E-state index in [1.54, 1.807) is 0 Å². The van der Waals surface area contributed by atoms with Gasteiger partial charge in [-0.1, -0.05) is 11.6 Å². The molecule has 0 radical (unpaired) electrons. The van der Waals surface area contributed by atoms with Crippen LogP contribution in [0.5, 0.6) is 11.5 Å². The number of guanidine groups is 1. The summed E-state index contributed by atoms with van der Waals surface area (Å²) < 4.78 is 60.5. The molecule has 0 saturated heterocycles. The van der Waals surface area contributed by atoms with E-state index in [4.69, 9.17) is 16.3 Å². The summed E-state index contributed by atoms with van der Waals surface area (Å²) in [6, 6.07) is 3.35.